The van der Waals surface area contributed by atoms with Crippen LogP contribution in [0, 0.1) is 0 Å². The number of ether oxygens (including phenoxy) is 1. The van der Waals surface area contributed by atoms with Gasteiger partial charge in [-0.25, -0.2) is 4.68 Å². The third-order valence-corrected chi connectivity index (χ3v) is 6.71. The number of para-hydroxylation sites is 1. The van der Waals surface area contributed by atoms with E-state index in [1.54, 1.807) is 35.0 Å². The van der Waals surface area contributed by atoms with Crippen LogP contribution in [0.15, 0.2) is 65.1 Å². The first kappa shape index (κ1) is 24.7. The highest BCUT2D eigenvalue weighted by atomic mass is 79.9. The molecule has 0 spiro atoms. The minimum atomic E-state index is -0.484. The average Bonchev–Trinajstić information content (AvgIpc) is 3.21. The zero-order chi connectivity index (χ0) is 24.4. The van der Waals surface area contributed by atoms with Gasteiger partial charge < -0.3 is 4.74 Å². The molecule has 34 heavy (non-hydrogen) atoms. The largest absolute Gasteiger partial charge is 0.487 e. The predicted molar refractivity (Wildman–Crippen MR) is 140 cm³/mol. The Kier molecular flexibility index (Phi) is 7.63. The Morgan fingerprint density at radius 3 is 2.32 bits per heavy atom. The Morgan fingerprint density at radius 2 is 1.74 bits per heavy atom. The van der Waals surface area contributed by atoms with Gasteiger partial charge in [-0.15, -0.1) is 5.10 Å². The summed E-state index contributed by atoms with van der Waals surface area (Å²) in [6, 6.07) is 18.1. The SMILES string of the molecule is CC(C)c1nnn(-c2c(Cl)cccc2Cl)c1COc1ccc(-c2ccc(C(=O)Cl)cc2)c(Br)c1. The molecule has 0 aliphatic rings. The summed E-state index contributed by atoms with van der Waals surface area (Å²) in [4.78, 5) is 11.3. The second-order valence-corrected chi connectivity index (χ2v) is 9.85. The van der Waals surface area contributed by atoms with Crippen molar-refractivity contribution in [2.75, 3.05) is 0 Å². The highest BCUT2D eigenvalue weighted by Gasteiger charge is 2.21. The molecule has 1 heterocycles. The first-order chi connectivity index (χ1) is 16.3. The van der Waals surface area contributed by atoms with Crippen LogP contribution in [0.1, 0.15) is 41.5 Å². The minimum absolute atomic E-state index is 0.130. The van der Waals surface area contributed by atoms with Crippen LogP contribution in [0.5, 0.6) is 5.75 Å². The zero-order valence-corrected chi connectivity index (χ0v) is 22.1. The normalized spacial score (nSPS) is 11.1. The van der Waals surface area contributed by atoms with E-state index in [0.29, 0.717) is 27.0 Å². The van der Waals surface area contributed by atoms with E-state index in [1.807, 2.05) is 44.2 Å². The summed E-state index contributed by atoms with van der Waals surface area (Å²) in [5.74, 6) is 0.793. The molecule has 174 valence electrons. The number of hydrogen-bond acceptors (Lipinski definition) is 4. The maximum atomic E-state index is 11.3. The van der Waals surface area contributed by atoms with Gasteiger partial charge in [0.15, 0.2) is 0 Å². The number of nitrogens with zero attached hydrogens (tertiary/aromatic N) is 3. The van der Waals surface area contributed by atoms with E-state index in [9.17, 15) is 4.79 Å². The first-order valence-electron chi connectivity index (χ1n) is 10.4. The van der Waals surface area contributed by atoms with Crippen LogP contribution in [0.2, 0.25) is 10.0 Å². The van der Waals surface area contributed by atoms with E-state index in [1.165, 1.54) is 0 Å². The van der Waals surface area contributed by atoms with Crippen molar-refractivity contribution in [1.82, 2.24) is 15.0 Å². The molecule has 0 N–H and O–H groups in total. The van der Waals surface area contributed by atoms with E-state index < -0.39 is 5.24 Å². The number of halogens is 4. The molecule has 0 unspecified atom stereocenters. The van der Waals surface area contributed by atoms with Crippen LogP contribution in [-0.2, 0) is 6.61 Å². The highest BCUT2D eigenvalue weighted by Crippen LogP contribution is 2.34. The third kappa shape index (κ3) is 5.15. The molecule has 3 aromatic carbocycles. The molecule has 0 radical (unpaired) electrons. The Bertz CT molecular complexity index is 1330. The average molecular weight is 580 g/mol. The molecule has 1 aromatic heterocycles. The number of aromatic nitrogens is 3. The molecule has 9 heteroatoms. The van der Waals surface area contributed by atoms with E-state index in [-0.39, 0.29) is 12.5 Å². The summed E-state index contributed by atoms with van der Waals surface area (Å²) in [7, 11) is 0. The summed E-state index contributed by atoms with van der Waals surface area (Å²) in [6.45, 7) is 4.31. The lowest BCUT2D eigenvalue weighted by Gasteiger charge is -2.14. The van der Waals surface area contributed by atoms with Crippen molar-refractivity contribution in [3.8, 4) is 22.6 Å². The number of rotatable bonds is 7. The molecular formula is C25H19BrCl3N3O2. The molecule has 0 saturated carbocycles. The van der Waals surface area contributed by atoms with Gasteiger partial charge in [0.05, 0.1) is 15.7 Å². The molecule has 0 amide bonds. The first-order valence-corrected chi connectivity index (χ1v) is 12.3. The lowest BCUT2D eigenvalue weighted by molar-refractivity contribution is 0.108. The number of carbonyl (C=O) groups is 1. The zero-order valence-electron chi connectivity index (χ0n) is 18.2. The van der Waals surface area contributed by atoms with Gasteiger partial charge in [0.2, 0.25) is 0 Å². The maximum absolute atomic E-state index is 11.3. The fraction of sp³-hybridized carbons (Fsp3) is 0.160. The molecule has 0 aliphatic carbocycles. The Balaban J connectivity index is 1.61. The van der Waals surface area contributed by atoms with Crippen molar-refractivity contribution in [2.45, 2.75) is 26.4 Å². The summed E-state index contributed by atoms with van der Waals surface area (Å²) in [5.41, 5.74) is 4.49. The van der Waals surface area contributed by atoms with Gasteiger partial charge in [-0.2, -0.15) is 0 Å². The van der Waals surface area contributed by atoms with Crippen LogP contribution in [0.25, 0.3) is 16.8 Å². The van der Waals surface area contributed by atoms with Gasteiger partial charge >= 0.3 is 0 Å². The predicted octanol–water partition coefficient (Wildman–Crippen LogP) is 8.09. The molecule has 0 saturated heterocycles. The van der Waals surface area contributed by atoms with Gasteiger partial charge in [0.25, 0.3) is 5.24 Å². The lowest BCUT2D eigenvalue weighted by Crippen LogP contribution is -2.09. The van der Waals surface area contributed by atoms with Gasteiger partial charge in [-0.05, 0) is 71.1 Å². The monoisotopic (exact) mass is 577 g/mol. The second-order valence-electron chi connectivity index (χ2n) is 7.84. The molecule has 0 bridgehead atoms. The van der Waals surface area contributed by atoms with Gasteiger partial charge in [-0.1, -0.05) is 76.4 Å². The fourth-order valence-electron chi connectivity index (χ4n) is 3.52. The molecule has 5 nitrogen and oxygen atoms in total. The maximum Gasteiger partial charge on any atom is 0.252 e. The summed E-state index contributed by atoms with van der Waals surface area (Å²) in [5, 5.41) is 9.12. The van der Waals surface area contributed by atoms with Gasteiger partial charge in [0.1, 0.15) is 23.7 Å². The second kappa shape index (κ2) is 10.5. The van der Waals surface area contributed by atoms with Crippen LogP contribution in [0.4, 0.5) is 0 Å². The summed E-state index contributed by atoms with van der Waals surface area (Å²) < 4.78 is 8.62. The molecule has 0 atom stereocenters. The van der Waals surface area contributed by atoms with Gasteiger partial charge in [-0.3, -0.25) is 4.79 Å². The molecule has 0 aliphatic heterocycles. The van der Waals surface area contributed by atoms with Crippen molar-refractivity contribution in [3.05, 3.63) is 92.1 Å². The van der Waals surface area contributed by atoms with Crippen molar-refractivity contribution in [1.29, 1.82) is 0 Å². The van der Waals surface area contributed by atoms with Crippen molar-refractivity contribution in [3.63, 3.8) is 0 Å². The highest BCUT2D eigenvalue weighted by molar-refractivity contribution is 9.10. The minimum Gasteiger partial charge on any atom is -0.487 e. The Hall–Kier alpha value is -2.38. The van der Waals surface area contributed by atoms with Crippen molar-refractivity contribution < 1.29 is 9.53 Å². The molecule has 4 rings (SSSR count). The fourth-order valence-corrected chi connectivity index (χ4v) is 4.79. The quantitative estimate of drug-likeness (QED) is 0.208. The van der Waals surface area contributed by atoms with E-state index >= 15 is 0 Å². The number of carbonyl (C=O) groups excluding carboxylic acids is 1. The van der Waals surface area contributed by atoms with Crippen LogP contribution < -0.4 is 4.74 Å². The van der Waals surface area contributed by atoms with Crippen LogP contribution in [-0.4, -0.2) is 20.2 Å². The van der Waals surface area contributed by atoms with Crippen molar-refractivity contribution in [2.24, 2.45) is 0 Å². The number of benzene rings is 3. The molecule has 0 fully saturated rings. The topological polar surface area (TPSA) is 57.0 Å². The van der Waals surface area contributed by atoms with E-state index in [0.717, 1.165) is 27.0 Å². The Morgan fingerprint density at radius 1 is 1.06 bits per heavy atom. The third-order valence-electron chi connectivity index (χ3n) is 5.23. The van der Waals surface area contributed by atoms with Crippen LogP contribution in [0.3, 0.4) is 0 Å². The molecule has 4 aromatic rings. The Labute approximate surface area is 220 Å². The summed E-state index contributed by atoms with van der Waals surface area (Å²) in [6.07, 6.45) is 0. The van der Waals surface area contributed by atoms with Crippen LogP contribution >= 0.6 is 50.7 Å². The lowest BCUT2D eigenvalue weighted by atomic mass is 10.0. The summed E-state index contributed by atoms with van der Waals surface area (Å²) >= 11 is 22.0. The molecular weight excluding hydrogens is 561 g/mol. The van der Waals surface area contributed by atoms with E-state index in [4.69, 9.17) is 39.5 Å². The number of hydrogen-bond donors (Lipinski definition) is 0. The van der Waals surface area contributed by atoms with Crippen molar-refractivity contribution >= 4 is 56.0 Å². The smallest absolute Gasteiger partial charge is 0.252 e. The standard InChI is InChI=1S/C25H19BrCl3N3O2/c1-14(2)23-22(32(31-30-23)24-20(27)4-3-5-21(24)28)13-34-17-10-11-18(19(26)12-17)15-6-8-16(9-7-15)25(29)33/h3-12,14H,13H2,1-2H3. The van der Waals surface area contributed by atoms with E-state index in [2.05, 4.69) is 26.2 Å². The van der Waals surface area contributed by atoms with Gasteiger partial charge in [0, 0.05) is 10.0 Å².